The van der Waals surface area contributed by atoms with Gasteiger partial charge >= 0.3 is 6.09 Å². The number of likely N-dealkylation sites (tertiary alicyclic amines) is 1. The van der Waals surface area contributed by atoms with Crippen molar-refractivity contribution in [3.63, 3.8) is 0 Å². The maximum atomic E-state index is 12.2. The van der Waals surface area contributed by atoms with Crippen molar-refractivity contribution in [2.24, 2.45) is 0 Å². The van der Waals surface area contributed by atoms with E-state index in [1.54, 1.807) is 25.7 Å². The summed E-state index contributed by atoms with van der Waals surface area (Å²) in [5.74, 6) is 0.107. The van der Waals surface area contributed by atoms with Gasteiger partial charge in [0.05, 0.1) is 0 Å². The van der Waals surface area contributed by atoms with Gasteiger partial charge in [0.1, 0.15) is 17.5 Å². The largest absolute Gasteiger partial charge is 0.444 e. The fourth-order valence-corrected chi connectivity index (χ4v) is 2.36. The van der Waals surface area contributed by atoms with Gasteiger partial charge < -0.3 is 14.5 Å². The summed E-state index contributed by atoms with van der Waals surface area (Å²) < 4.78 is 28.9. The van der Waals surface area contributed by atoms with Gasteiger partial charge in [-0.3, -0.25) is 0 Å². The summed E-state index contributed by atoms with van der Waals surface area (Å²) in [6, 6.07) is 2.97. The molecule has 0 aromatic carbocycles. The van der Waals surface area contributed by atoms with Crippen molar-refractivity contribution in [3.05, 3.63) is 18.1 Å². The van der Waals surface area contributed by atoms with Crippen LogP contribution in [0.25, 0.3) is 0 Å². The Balaban J connectivity index is 2.13. The minimum absolute atomic E-state index is 0.0806. The van der Waals surface area contributed by atoms with Crippen LogP contribution in [0.3, 0.4) is 0 Å². The zero-order valence-electron chi connectivity index (χ0n) is 16.6. The number of ether oxygens (including phenoxy) is 1. The molecule has 1 aromatic rings. The van der Waals surface area contributed by atoms with Gasteiger partial charge in [0, 0.05) is 36.4 Å². The quantitative estimate of drug-likeness (QED) is 0.830. The van der Waals surface area contributed by atoms with Crippen LogP contribution in [0.1, 0.15) is 43.5 Å². The molecule has 1 amide bonds. The molecule has 7 heteroatoms. The molecular formula is C16H23N5O2. The predicted octanol–water partition coefficient (Wildman–Crippen LogP) is 2.18. The van der Waals surface area contributed by atoms with E-state index in [1.165, 1.54) is 17.2 Å². The number of nitrogens with zero attached hydrogens (tertiary/aromatic N) is 5. The molecule has 1 aliphatic heterocycles. The third-order valence-corrected chi connectivity index (χ3v) is 3.47. The lowest BCUT2D eigenvalue weighted by atomic mass is 10.0. The zero-order valence-corrected chi connectivity index (χ0v) is 13.6. The molecule has 124 valence electrons. The number of piperidine rings is 1. The van der Waals surface area contributed by atoms with E-state index < -0.39 is 18.7 Å². The maximum absolute atomic E-state index is 12.2. The molecule has 0 bridgehead atoms. The molecular weight excluding hydrogens is 294 g/mol. The van der Waals surface area contributed by atoms with E-state index in [0.29, 0.717) is 25.9 Å². The van der Waals surface area contributed by atoms with Gasteiger partial charge in [0.25, 0.3) is 0 Å². The van der Waals surface area contributed by atoms with E-state index in [1.807, 2.05) is 6.07 Å². The van der Waals surface area contributed by atoms with Gasteiger partial charge in [-0.2, -0.15) is 5.26 Å². The highest BCUT2D eigenvalue weighted by Crippen LogP contribution is 2.21. The molecule has 1 fully saturated rings. The average molecular weight is 320 g/mol. The van der Waals surface area contributed by atoms with Crippen molar-refractivity contribution in [3.8, 4) is 6.07 Å². The minimum Gasteiger partial charge on any atom is -0.444 e. The lowest BCUT2D eigenvalue weighted by Crippen LogP contribution is -2.47. The molecule has 0 saturated carbocycles. The van der Waals surface area contributed by atoms with Crippen LogP contribution in [0.5, 0.6) is 0 Å². The Morgan fingerprint density at radius 3 is 2.78 bits per heavy atom. The molecule has 1 aromatic heterocycles. The number of carbonyl (C=O) groups excluding carboxylic acids is 1. The van der Waals surface area contributed by atoms with Gasteiger partial charge in [-0.1, -0.05) is 0 Å². The van der Waals surface area contributed by atoms with Gasteiger partial charge in [-0.05, 0) is 39.7 Å². The molecule has 1 saturated heterocycles. The smallest absolute Gasteiger partial charge is 0.410 e. The Morgan fingerprint density at radius 1 is 1.52 bits per heavy atom. The minimum atomic E-state index is -2.42. The van der Waals surface area contributed by atoms with E-state index in [-0.39, 0.29) is 17.7 Å². The number of carbonyl (C=O) groups is 1. The molecule has 0 N–H and O–H groups in total. The van der Waals surface area contributed by atoms with Crippen molar-refractivity contribution >= 4 is 11.9 Å². The number of nitriles is 1. The highest BCUT2D eigenvalue weighted by Gasteiger charge is 2.28. The second-order valence-electron chi connectivity index (χ2n) is 6.42. The number of hydrogen-bond acceptors (Lipinski definition) is 6. The molecule has 2 rings (SSSR count). The summed E-state index contributed by atoms with van der Waals surface area (Å²) in [4.78, 5) is 22.8. The van der Waals surface area contributed by atoms with Crippen LogP contribution in [0, 0.1) is 11.3 Å². The molecule has 0 atom stereocenters. The highest BCUT2D eigenvalue weighted by atomic mass is 16.6. The van der Waals surface area contributed by atoms with Crippen molar-refractivity contribution in [1.82, 2.24) is 14.9 Å². The number of rotatable bonds is 2. The fraction of sp³-hybridized carbons (Fsp3) is 0.625. The summed E-state index contributed by atoms with van der Waals surface area (Å²) in [6.07, 6.45) is 1.90. The van der Waals surface area contributed by atoms with Gasteiger partial charge in [0.2, 0.25) is 5.82 Å². The molecule has 0 unspecified atom stereocenters. The summed E-state index contributed by atoms with van der Waals surface area (Å²) in [6.45, 7) is 3.77. The Hall–Kier alpha value is -2.36. The monoisotopic (exact) mass is 320 g/mol. The molecule has 23 heavy (non-hydrogen) atoms. The molecule has 7 nitrogen and oxygen atoms in total. The molecule has 1 aliphatic rings. The Bertz CT molecular complexity index is 688. The van der Waals surface area contributed by atoms with Crippen LogP contribution in [0.4, 0.5) is 10.6 Å². The standard InChI is InChI=1S/C16H23N5O2/c1-16(2,3)23-15(22)21-9-6-12(7-10-21)20(4)14-5-8-18-13(11-17)19-14/h5,8,12H,6-7,9-10H2,1-4H3/i4D3. The summed E-state index contributed by atoms with van der Waals surface area (Å²) in [5, 5.41) is 8.95. The Kier molecular flexibility index (Phi) is 3.89. The van der Waals surface area contributed by atoms with E-state index in [2.05, 4.69) is 9.97 Å². The van der Waals surface area contributed by atoms with Crippen LogP contribution < -0.4 is 4.90 Å². The molecule has 0 aliphatic carbocycles. The predicted molar refractivity (Wildman–Crippen MR) is 86.0 cm³/mol. The third kappa shape index (κ3) is 4.55. The lowest BCUT2D eigenvalue weighted by molar-refractivity contribution is 0.0205. The van der Waals surface area contributed by atoms with E-state index in [0.717, 1.165) is 0 Å². The first-order chi connectivity index (χ1) is 12.0. The SMILES string of the molecule is [2H]C([2H])([2H])N(c1ccnc(C#N)n1)C1CCN(C(=O)OC(C)(C)C)CC1. The van der Waals surface area contributed by atoms with Crippen LogP contribution in [-0.4, -0.2) is 52.7 Å². The first-order valence-electron chi connectivity index (χ1n) is 9.01. The third-order valence-electron chi connectivity index (χ3n) is 3.47. The van der Waals surface area contributed by atoms with Crippen LogP contribution >= 0.6 is 0 Å². The number of amides is 1. The second-order valence-corrected chi connectivity index (χ2v) is 6.42. The van der Waals surface area contributed by atoms with Crippen molar-refractivity contribution in [2.45, 2.75) is 45.3 Å². The number of hydrogen-bond donors (Lipinski definition) is 0. The van der Waals surface area contributed by atoms with Crippen LogP contribution in [-0.2, 0) is 4.74 Å². The van der Waals surface area contributed by atoms with E-state index in [4.69, 9.17) is 14.1 Å². The summed E-state index contributed by atoms with van der Waals surface area (Å²) >= 11 is 0. The zero-order chi connectivity index (χ0) is 19.5. The van der Waals surface area contributed by atoms with Crippen molar-refractivity contribution in [2.75, 3.05) is 25.0 Å². The molecule has 0 radical (unpaired) electrons. The van der Waals surface area contributed by atoms with E-state index >= 15 is 0 Å². The lowest BCUT2D eigenvalue weighted by Gasteiger charge is -2.37. The topological polar surface area (TPSA) is 82.4 Å². The fourth-order valence-electron chi connectivity index (χ4n) is 2.36. The van der Waals surface area contributed by atoms with Crippen LogP contribution in [0.2, 0.25) is 0 Å². The number of aromatic nitrogens is 2. The van der Waals surface area contributed by atoms with E-state index in [9.17, 15) is 4.79 Å². The second kappa shape index (κ2) is 6.82. The maximum Gasteiger partial charge on any atom is 0.410 e. The molecule has 0 spiro atoms. The molecule has 2 heterocycles. The van der Waals surface area contributed by atoms with Crippen molar-refractivity contribution < 1.29 is 13.6 Å². The summed E-state index contributed by atoms with van der Waals surface area (Å²) in [7, 11) is 0. The van der Waals surface area contributed by atoms with Crippen LogP contribution in [0.15, 0.2) is 12.3 Å². The average Bonchev–Trinajstić information content (AvgIpc) is 2.53. The highest BCUT2D eigenvalue weighted by molar-refractivity contribution is 5.68. The van der Waals surface area contributed by atoms with Gasteiger partial charge in [-0.15, -0.1) is 0 Å². The normalized spacial score (nSPS) is 18.3. The number of anilines is 1. The Labute approximate surface area is 141 Å². The first kappa shape index (κ1) is 13.1. The first-order valence-corrected chi connectivity index (χ1v) is 7.51. The van der Waals surface area contributed by atoms with Gasteiger partial charge in [-0.25, -0.2) is 14.8 Å². The summed E-state index contributed by atoms with van der Waals surface area (Å²) in [5.41, 5.74) is -0.576. The van der Waals surface area contributed by atoms with Gasteiger partial charge in [0.15, 0.2) is 0 Å². The Morgan fingerprint density at radius 2 is 2.22 bits per heavy atom. The van der Waals surface area contributed by atoms with Crippen molar-refractivity contribution in [1.29, 1.82) is 5.26 Å².